The number of sulfonamides is 1. The fourth-order valence-electron chi connectivity index (χ4n) is 1.90. The standard InChI is InChI=1S/C14H17N3O2S/c1-10-3-2-4-11(7-10)9-17-14-6-5-12(8-13(14)15)20(16,18)19/h2-8,17H,9,15H2,1H3,(H2,16,18,19). The maximum Gasteiger partial charge on any atom is 0.238 e. The van der Waals surface area contributed by atoms with Gasteiger partial charge in [-0.25, -0.2) is 13.6 Å². The number of benzene rings is 2. The van der Waals surface area contributed by atoms with Crippen LogP contribution in [0.1, 0.15) is 11.1 Å². The van der Waals surface area contributed by atoms with Crippen molar-refractivity contribution in [2.75, 3.05) is 11.1 Å². The fourth-order valence-corrected chi connectivity index (χ4v) is 2.45. The Kier molecular flexibility index (Phi) is 3.96. The summed E-state index contributed by atoms with van der Waals surface area (Å²) < 4.78 is 22.4. The Morgan fingerprint density at radius 3 is 2.50 bits per heavy atom. The molecule has 0 unspecified atom stereocenters. The number of nitrogens with two attached hydrogens (primary N) is 2. The van der Waals surface area contributed by atoms with Crippen molar-refractivity contribution in [1.82, 2.24) is 0 Å². The highest BCUT2D eigenvalue weighted by atomic mass is 32.2. The van der Waals surface area contributed by atoms with E-state index in [-0.39, 0.29) is 4.90 Å². The molecule has 0 fully saturated rings. The average Bonchev–Trinajstić information content (AvgIpc) is 2.36. The topological polar surface area (TPSA) is 98.2 Å². The predicted octanol–water partition coefficient (Wildman–Crippen LogP) is 1.84. The molecule has 0 heterocycles. The molecule has 2 aromatic rings. The first-order valence-electron chi connectivity index (χ1n) is 6.08. The Bertz CT molecular complexity index is 727. The van der Waals surface area contributed by atoms with Crippen LogP contribution in [0.2, 0.25) is 0 Å². The van der Waals surface area contributed by atoms with E-state index in [1.54, 1.807) is 6.07 Å². The summed E-state index contributed by atoms with van der Waals surface area (Å²) in [5, 5.41) is 8.23. The van der Waals surface area contributed by atoms with Crippen LogP contribution >= 0.6 is 0 Å². The average molecular weight is 291 g/mol. The van der Waals surface area contributed by atoms with Crippen molar-refractivity contribution in [2.24, 2.45) is 5.14 Å². The molecule has 106 valence electrons. The van der Waals surface area contributed by atoms with E-state index in [4.69, 9.17) is 10.9 Å². The second-order valence-corrected chi connectivity index (χ2v) is 6.20. The summed E-state index contributed by atoms with van der Waals surface area (Å²) >= 11 is 0. The molecule has 2 rings (SSSR count). The molecule has 0 saturated carbocycles. The lowest BCUT2D eigenvalue weighted by molar-refractivity contribution is 0.598. The number of hydrogen-bond acceptors (Lipinski definition) is 4. The van der Waals surface area contributed by atoms with Crippen LogP contribution in [-0.2, 0) is 16.6 Å². The molecule has 0 aliphatic carbocycles. The predicted molar refractivity (Wildman–Crippen MR) is 80.7 cm³/mol. The lowest BCUT2D eigenvalue weighted by Gasteiger charge is -2.11. The number of nitrogens with one attached hydrogen (secondary N) is 1. The largest absolute Gasteiger partial charge is 0.397 e. The Morgan fingerprint density at radius 2 is 1.90 bits per heavy atom. The van der Waals surface area contributed by atoms with Crippen LogP contribution in [-0.4, -0.2) is 8.42 Å². The summed E-state index contributed by atoms with van der Waals surface area (Å²) in [5.41, 5.74) is 9.17. The minimum Gasteiger partial charge on any atom is -0.397 e. The molecule has 20 heavy (non-hydrogen) atoms. The molecule has 0 bridgehead atoms. The zero-order chi connectivity index (χ0) is 14.8. The minimum atomic E-state index is -3.72. The molecule has 0 aliphatic heterocycles. The van der Waals surface area contributed by atoms with E-state index in [1.165, 1.54) is 17.7 Å². The van der Waals surface area contributed by atoms with Crippen molar-refractivity contribution >= 4 is 21.4 Å². The van der Waals surface area contributed by atoms with Gasteiger partial charge in [-0.05, 0) is 30.7 Å². The van der Waals surface area contributed by atoms with E-state index in [2.05, 4.69) is 11.4 Å². The van der Waals surface area contributed by atoms with Gasteiger partial charge in [-0.2, -0.15) is 0 Å². The second-order valence-electron chi connectivity index (χ2n) is 4.64. The normalized spacial score (nSPS) is 11.3. The van der Waals surface area contributed by atoms with Crippen molar-refractivity contribution in [1.29, 1.82) is 0 Å². The maximum absolute atomic E-state index is 11.2. The summed E-state index contributed by atoms with van der Waals surface area (Å²) in [6, 6.07) is 12.5. The van der Waals surface area contributed by atoms with Gasteiger partial charge in [0, 0.05) is 6.54 Å². The molecule has 2 aromatic carbocycles. The fraction of sp³-hybridized carbons (Fsp3) is 0.143. The van der Waals surface area contributed by atoms with Gasteiger partial charge < -0.3 is 11.1 Å². The number of hydrogen-bond donors (Lipinski definition) is 3. The summed E-state index contributed by atoms with van der Waals surface area (Å²) in [7, 11) is -3.72. The monoisotopic (exact) mass is 291 g/mol. The number of nitrogen functional groups attached to an aromatic ring is 1. The lowest BCUT2D eigenvalue weighted by Crippen LogP contribution is -2.13. The first kappa shape index (κ1) is 14.4. The van der Waals surface area contributed by atoms with Crippen LogP contribution in [0.5, 0.6) is 0 Å². The summed E-state index contributed by atoms with van der Waals surface area (Å²) in [5.74, 6) is 0. The molecule has 5 N–H and O–H groups in total. The molecule has 0 atom stereocenters. The Hall–Kier alpha value is -2.05. The zero-order valence-corrected chi connectivity index (χ0v) is 11.9. The van der Waals surface area contributed by atoms with Gasteiger partial charge in [-0.1, -0.05) is 29.8 Å². The first-order valence-corrected chi connectivity index (χ1v) is 7.62. The van der Waals surface area contributed by atoms with Gasteiger partial charge in [0.1, 0.15) is 0 Å². The first-order chi connectivity index (χ1) is 9.36. The molecule has 0 aliphatic rings. The van der Waals surface area contributed by atoms with E-state index >= 15 is 0 Å². The molecule has 0 amide bonds. The third kappa shape index (κ3) is 3.49. The smallest absolute Gasteiger partial charge is 0.238 e. The minimum absolute atomic E-state index is 0.0103. The van der Waals surface area contributed by atoms with E-state index < -0.39 is 10.0 Å². The maximum atomic E-state index is 11.2. The van der Waals surface area contributed by atoms with E-state index in [1.807, 2.05) is 25.1 Å². The van der Waals surface area contributed by atoms with Crippen LogP contribution in [0, 0.1) is 6.92 Å². The van der Waals surface area contributed by atoms with Gasteiger partial charge in [0.2, 0.25) is 10.0 Å². The van der Waals surface area contributed by atoms with Gasteiger partial charge in [-0.15, -0.1) is 0 Å². The van der Waals surface area contributed by atoms with E-state index in [9.17, 15) is 8.42 Å². The van der Waals surface area contributed by atoms with Crippen LogP contribution < -0.4 is 16.2 Å². The van der Waals surface area contributed by atoms with Crippen LogP contribution in [0.4, 0.5) is 11.4 Å². The van der Waals surface area contributed by atoms with Crippen LogP contribution in [0.25, 0.3) is 0 Å². The van der Waals surface area contributed by atoms with Crippen LogP contribution in [0.15, 0.2) is 47.4 Å². The highest BCUT2D eigenvalue weighted by Crippen LogP contribution is 2.22. The molecule has 0 aromatic heterocycles. The molecule has 0 radical (unpaired) electrons. The van der Waals surface area contributed by atoms with Crippen molar-refractivity contribution in [3.05, 3.63) is 53.6 Å². The Labute approximate surface area is 118 Å². The molecule has 0 spiro atoms. The molecule has 0 saturated heterocycles. The number of aryl methyl sites for hydroxylation is 1. The number of rotatable bonds is 4. The number of anilines is 2. The number of primary sulfonamides is 1. The van der Waals surface area contributed by atoms with Gasteiger partial charge >= 0.3 is 0 Å². The van der Waals surface area contributed by atoms with Crippen molar-refractivity contribution < 1.29 is 8.42 Å². The second kappa shape index (κ2) is 5.52. The zero-order valence-electron chi connectivity index (χ0n) is 11.1. The quantitative estimate of drug-likeness (QED) is 0.748. The van der Waals surface area contributed by atoms with Crippen LogP contribution in [0.3, 0.4) is 0 Å². The SMILES string of the molecule is Cc1cccc(CNc2ccc(S(N)(=O)=O)cc2N)c1. The van der Waals surface area contributed by atoms with Crippen molar-refractivity contribution in [3.63, 3.8) is 0 Å². The summed E-state index contributed by atoms with van der Waals surface area (Å²) in [6.07, 6.45) is 0. The van der Waals surface area contributed by atoms with Gasteiger partial charge in [-0.3, -0.25) is 0 Å². The summed E-state index contributed by atoms with van der Waals surface area (Å²) in [6.45, 7) is 2.64. The van der Waals surface area contributed by atoms with Gasteiger partial charge in [0.15, 0.2) is 0 Å². The Morgan fingerprint density at radius 1 is 1.15 bits per heavy atom. The Balaban J connectivity index is 2.15. The highest BCUT2D eigenvalue weighted by molar-refractivity contribution is 7.89. The van der Waals surface area contributed by atoms with Crippen molar-refractivity contribution in [2.45, 2.75) is 18.4 Å². The summed E-state index contributed by atoms with van der Waals surface area (Å²) in [4.78, 5) is 0.0103. The molecular weight excluding hydrogens is 274 g/mol. The lowest BCUT2D eigenvalue weighted by atomic mass is 10.1. The molecular formula is C14H17N3O2S. The van der Waals surface area contributed by atoms with Crippen molar-refractivity contribution in [3.8, 4) is 0 Å². The van der Waals surface area contributed by atoms with Gasteiger partial charge in [0.05, 0.1) is 16.3 Å². The third-order valence-electron chi connectivity index (χ3n) is 2.92. The highest BCUT2D eigenvalue weighted by Gasteiger charge is 2.09. The molecule has 6 heteroatoms. The third-order valence-corrected chi connectivity index (χ3v) is 3.83. The molecule has 5 nitrogen and oxygen atoms in total. The van der Waals surface area contributed by atoms with E-state index in [0.717, 1.165) is 5.56 Å². The van der Waals surface area contributed by atoms with Gasteiger partial charge in [0.25, 0.3) is 0 Å². The van der Waals surface area contributed by atoms with E-state index in [0.29, 0.717) is 17.9 Å².